The third kappa shape index (κ3) is 2.76. The van der Waals surface area contributed by atoms with Crippen LogP contribution in [-0.2, 0) is 0 Å². The van der Waals surface area contributed by atoms with E-state index in [0.717, 1.165) is 17.1 Å². The Morgan fingerprint density at radius 3 is 2.84 bits per heavy atom. The zero-order valence-electron chi connectivity index (χ0n) is 13.8. The summed E-state index contributed by atoms with van der Waals surface area (Å²) >= 11 is 0. The van der Waals surface area contributed by atoms with Crippen molar-refractivity contribution in [1.29, 1.82) is 0 Å². The van der Waals surface area contributed by atoms with Gasteiger partial charge in [-0.1, -0.05) is 6.07 Å². The minimum absolute atomic E-state index is 0.251. The van der Waals surface area contributed by atoms with Gasteiger partial charge < -0.3 is 5.32 Å². The fourth-order valence-electron chi connectivity index (χ4n) is 2.79. The lowest BCUT2D eigenvalue weighted by Gasteiger charge is -2.08. The lowest BCUT2D eigenvalue weighted by Crippen LogP contribution is -2.12. The zero-order valence-corrected chi connectivity index (χ0v) is 13.8. The number of amides is 1. The van der Waals surface area contributed by atoms with Crippen molar-refractivity contribution in [2.75, 3.05) is 5.32 Å². The van der Waals surface area contributed by atoms with Gasteiger partial charge in [0.05, 0.1) is 17.6 Å². The first-order chi connectivity index (χ1) is 12.1. The molecular weight excluding hydrogens is 316 g/mol. The molecule has 7 heteroatoms. The predicted molar refractivity (Wildman–Crippen MR) is 94.0 cm³/mol. The van der Waals surface area contributed by atoms with Crippen LogP contribution >= 0.6 is 0 Å². The van der Waals surface area contributed by atoms with E-state index in [1.165, 1.54) is 6.20 Å². The smallest absolute Gasteiger partial charge is 0.261 e. The van der Waals surface area contributed by atoms with Crippen molar-refractivity contribution < 1.29 is 4.79 Å². The molecule has 3 heterocycles. The van der Waals surface area contributed by atoms with Crippen LogP contribution in [0, 0.1) is 13.8 Å². The largest absolute Gasteiger partial charge is 0.322 e. The molecule has 7 nitrogen and oxygen atoms in total. The molecule has 1 amide bonds. The van der Waals surface area contributed by atoms with Crippen LogP contribution in [0.2, 0.25) is 0 Å². The molecule has 124 valence electrons. The molecule has 0 radical (unpaired) electrons. The third-order valence-corrected chi connectivity index (χ3v) is 3.88. The second-order valence-electron chi connectivity index (χ2n) is 5.79. The van der Waals surface area contributed by atoms with Crippen molar-refractivity contribution >= 4 is 17.2 Å². The predicted octanol–water partition coefficient (Wildman–Crippen LogP) is 2.78. The van der Waals surface area contributed by atoms with Crippen molar-refractivity contribution in [3.05, 3.63) is 71.9 Å². The van der Waals surface area contributed by atoms with Crippen molar-refractivity contribution in [3.8, 4) is 5.69 Å². The number of carbonyl (C=O) groups is 1. The summed E-state index contributed by atoms with van der Waals surface area (Å²) in [6.45, 7) is 3.95. The van der Waals surface area contributed by atoms with Crippen molar-refractivity contribution in [2.45, 2.75) is 13.8 Å². The Labute approximate surface area is 143 Å². The number of rotatable bonds is 3. The Bertz CT molecular complexity index is 1080. The molecule has 1 aromatic carbocycles. The lowest BCUT2D eigenvalue weighted by molar-refractivity contribution is 0.102. The van der Waals surface area contributed by atoms with Crippen molar-refractivity contribution in [2.24, 2.45) is 0 Å². The van der Waals surface area contributed by atoms with Gasteiger partial charge in [-0.05, 0) is 44.2 Å². The first kappa shape index (κ1) is 15.1. The highest BCUT2D eigenvalue weighted by Gasteiger charge is 2.14. The van der Waals surface area contributed by atoms with Gasteiger partial charge >= 0.3 is 0 Å². The standard InChI is InChI=1S/C18H16N6O/c1-12-9-13(2)24(22-12)15-6-3-5-14(10-15)21-18(25)16-11-20-23-8-4-7-19-17(16)23/h3-11H,1-2H3,(H,21,25). The summed E-state index contributed by atoms with van der Waals surface area (Å²) in [5.74, 6) is -0.251. The van der Waals surface area contributed by atoms with Crippen LogP contribution in [-0.4, -0.2) is 30.3 Å². The maximum absolute atomic E-state index is 12.6. The second-order valence-corrected chi connectivity index (χ2v) is 5.79. The summed E-state index contributed by atoms with van der Waals surface area (Å²) in [6.07, 6.45) is 4.91. The zero-order chi connectivity index (χ0) is 17.4. The average molecular weight is 332 g/mol. The van der Waals surface area contributed by atoms with Crippen LogP contribution < -0.4 is 5.32 Å². The van der Waals surface area contributed by atoms with Crippen LogP contribution in [0.15, 0.2) is 55.0 Å². The molecule has 0 unspecified atom stereocenters. The van der Waals surface area contributed by atoms with Gasteiger partial charge in [0, 0.05) is 23.8 Å². The molecular formula is C18H16N6O. The molecule has 0 spiro atoms. The van der Waals surface area contributed by atoms with E-state index in [-0.39, 0.29) is 5.91 Å². The molecule has 25 heavy (non-hydrogen) atoms. The molecule has 4 aromatic rings. The van der Waals surface area contributed by atoms with E-state index in [9.17, 15) is 4.79 Å². The molecule has 0 fully saturated rings. The normalized spacial score (nSPS) is 11.0. The minimum atomic E-state index is -0.251. The maximum Gasteiger partial charge on any atom is 0.261 e. The van der Waals surface area contributed by atoms with E-state index in [4.69, 9.17) is 0 Å². The van der Waals surface area contributed by atoms with E-state index in [1.54, 1.807) is 23.0 Å². The molecule has 0 aliphatic carbocycles. The van der Waals surface area contributed by atoms with Gasteiger partial charge in [-0.3, -0.25) is 4.79 Å². The molecule has 0 saturated carbocycles. The summed E-state index contributed by atoms with van der Waals surface area (Å²) in [5, 5.41) is 11.5. The quantitative estimate of drug-likeness (QED) is 0.626. The molecule has 3 aromatic heterocycles. The Morgan fingerprint density at radius 2 is 2.04 bits per heavy atom. The van der Waals surface area contributed by atoms with Crippen LogP contribution in [0.25, 0.3) is 11.3 Å². The molecule has 0 atom stereocenters. The summed E-state index contributed by atoms with van der Waals surface area (Å²) < 4.78 is 3.42. The van der Waals surface area contributed by atoms with Gasteiger partial charge in [-0.2, -0.15) is 10.2 Å². The van der Waals surface area contributed by atoms with Gasteiger partial charge in [0.15, 0.2) is 5.65 Å². The van der Waals surface area contributed by atoms with Crippen molar-refractivity contribution in [3.63, 3.8) is 0 Å². The summed E-state index contributed by atoms with van der Waals surface area (Å²) in [6, 6.07) is 11.3. The van der Waals surface area contributed by atoms with Crippen LogP contribution in [0.5, 0.6) is 0 Å². The topological polar surface area (TPSA) is 77.1 Å². The van der Waals surface area contributed by atoms with E-state index in [1.807, 2.05) is 48.9 Å². The van der Waals surface area contributed by atoms with E-state index < -0.39 is 0 Å². The first-order valence-electron chi connectivity index (χ1n) is 7.85. The number of nitrogens with one attached hydrogen (secondary N) is 1. The number of hydrogen-bond donors (Lipinski definition) is 1. The number of nitrogens with zero attached hydrogens (tertiary/aromatic N) is 5. The van der Waals surface area contributed by atoms with Crippen molar-refractivity contribution in [1.82, 2.24) is 24.4 Å². The fourth-order valence-corrected chi connectivity index (χ4v) is 2.79. The molecule has 4 rings (SSSR count). The molecule has 0 aliphatic rings. The number of aromatic nitrogens is 5. The Morgan fingerprint density at radius 1 is 1.16 bits per heavy atom. The molecule has 0 saturated heterocycles. The first-order valence-corrected chi connectivity index (χ1v) is 7.85. The highest BCUT2D eigenvalue weighted by atomic mass is 16.1. The summed E-state index contributed by atoms with van der Waals surface area (Å²) in [4.78, 5) is 16.8. The summed E-state index contributed by atoms with van der Waals surface area (Å²) in [7, 11) is 0. The van der Waals surface area contributed by atoms with Crippen LogP contribution in [0.1, 0.15) is 21.7 Å². The van der Waals surface area contributed by atoms with E-state index in [2.05, 4.69) is 20.5 Å². The average Bonchev–Trinajstić information content (AvgIpc) is 3.18. The van der Waals surface area contributed by atoms with E-state index in [0.29, 0.717) is 16.9 Å². The van der Waals surface area contributed by atoms with Crippen LogP contribution in [0.4, 0.5) is 5.69 Å². The number of fused-ring (bicyclic) bond motifs is 1. The van der Waals surface area contributed by atoms with Gasteiger partial charge in [0.2, 0.25) is 0 Å². The number of hydrogen-bond acceptors (Lipinski definition) is 4. The lowest BCUT2D eigenvalue weighted by atomic mass is 10.2. The van der Waals surface area contributed by atoms with Gasteiger partial charge in [0.1, 0.15) is 5.56 Å². The Kier molecular flexibility index (Phi) is 3.53. The molecule has 1 N–H and O–H groups in total. The number of benzene rings is 1. The second kappa shape index (κ2) is 5.86. The summed E-state index contributed by atoms with van der Waals surface area (Å²) in [5.41, 5.74) is 4.51. The highest BCUT2D eigenvalue weighted by molar-refractivity contribution is 6.08. The highest BCUT2D eigenvalue weighted by Crippen LogP contribution is 2.18. The van der Waals surface area contributed by atoms with Gasteiger partial charge in [-0.25, -0.2) is 14.2 Å². The van der Waals surface area contributed by atoms with Gasteiger partial charge in [0.25, 0.3) is 5.91 Å². The number of carbonyl (C=O) groups excluding carboxylic acids is 1. The minimum Gasteiger partial charge on any atom is -0.322 e. The van der Waals surface area contributed by atoms with Gasteiger partial charge in [-0.15, -0.1) is 0 Å². The molecule has 0 bridgehead atoms. The van der Waals surface area contributed by atoms with Crippen LogP contribution in [0.3, 0.4) is 0 Å². The maximum atomic E-state index is 12.6. The monoisotopic (exact) mass is 332 g/mol. The third-order valence-electron chi connectivity index (χ3n) is 3.88. The number of aryl methyl sites for hydroxylation is 2. The number of anilines is 1. The molecule has 0 aliphatic heterocycles. The van der Waals surface area contributed by atoms with E-state index >= 15 is 0 Å². The Hall–Kier alpha value is -3.48. The fraction of sp³-hybridized carbons (Fsp3) is 0.111. The SMILES string of the molecule is Cc1cc(C)n(-c2cccc(NC(=O)c3cnn4cccnc34)c2)n1. The Balaban J connectivity index is 1.64.